The number of esters is 1. The number of hydrogen-bond donors (Lipinski definition) is 1. The van der Waals surface area contributed by atoms with Gasteiger partial charge in [-0.15, -0.1) is 6.58 Å². The first-order chi connectivity index (χ1) is 15.8. The molecular weight excluding hydrogens is 424 g/mol. The third-order valence-corrected chi connectivity index (χ3v) is 5.87. The average molecular weight is 458 g/mol. The first-order valence-electron chi connectivity index (χ1n) is 11.6. The number of hydrogen-bond acceptors (Lipinski definition) is 4. The molecule has 3 rings (SSSR count). The number of carbonyl (C=O) groups excluding carboxylic acids is 1. The highest BCUT2D eigenvalue weighted by molar-refractivity contribution is 5.77. The third-order valence-electron chi connectivity index (χ3n) is 5.87. The molecule has 0 saturated heterocycles. The summed E-state index contributed by atoms with van der Waals surface area (Å²) in [5, 5.41) is 0. The fourth-order valence-electron chi connectivity index (χ4n) is 4.18. The Balaban J connectivity index is 2.12. The van der Waals surface area contributed by atoms with Crippen molar-refractivity contribution in [1.29, 1.82) is 0 Å². The first kappa shape index (κ1) is 24.9. The summed E-state index contributed by atoms with van der Waals surface area (Å²) in [5.74, 6) is -1.42. The van der Waals surface area contributed by atoms with Gasteiger partial charge in [-0.2, -0.15) is 0 Å². The summed E-state index contributed by atoms with van der Waals surface area (Å²) in [6.07, 6.45) is 4.80. The average Bonchev–Trinajstić information content (AvgIpc) is 3.57. The van der Waals surface area contributed by atoms with Gasteiger partial charge in [0.1, 0.15) is 17.4 Å². The second kappa shape index (κ2) is 10.9. The Bertz CT molecular complexity index is 1030. The summed E-state index contributed by atoms with van der Waals surface area (Å²) >= 11 is 0. The topological polar surface area (TPSA) is 61.5 Å². The number of ether oxygens (including phenoxy) is 2. The fourth-order valence-corrected chi connectivity index (χ4v) is 4.18. The summed E-state index contributed by atoms with van der Waals surface area (Å²) < 4.78 is 42.4. The molecule has 2 N–H and O–H groups in total. The van der Waals surface area contributed by atoms with Crippen LogP contribution >= 0.6 is 0 Å². The Morgan fingerprint density at radius 2 is 1.97 bits per heavy atom. The molecule has 0 aromatic heterocycles. The second-order valence-electron chi connectivity index (χ2n) is 8.68. The maximum Gasteiger partial charge on any atom is 0.307 e. The van der Waals surface area contributed by atoms with Gasteiger partial charge in [-0.3, -0.25) is 4.79 Å². The van der Waals surface area contributed by atoms with Crippen LogP contribution in [0.3, 0.4) is 0 Å². The number of carbonyl (C=O) groups is 1. The van der Waals surface area contributed by atoms with Crippen LogP contribution in [0.25, 0.3) is 11.1 Å². The zero-order valence-corrected chi connectivity index (χ0v) is 19.7. The first-order valence-corrected chi connectivity index (χ1v) is 11.6. The number of nitrogens with two attached hydrogens (primary N) is 1. The zero-order valence-electron chi connectivity index (χ0n) is 19.7. The Labute approximate surface area is 194 Å². The predicted octanol–water partition coefficient (Wildman–Crippen LogP) is 6.42. The van der Waals surface area contributed by atoms with Gasteiger partial charge in [0.05, 0.1) is 19.6 Å². The van der Waals surface area contributed by atoms with Crippen LogP contribution in [0.15, 0.2) is 30.9 Å². The van der Waals surface area contributed by atoms with E-state index in [1.54, 1.807) is 13.0 Å². The number of unbranched alkanes of at least 4 members (excludes halogenated alkanes) is 1. The van der Waals surface area contributed by atoms with Crippen molar-refractivity contribution in [3.05, 3.63) is 64.7 Å². The molecule has 0 heterocycles. The van der Waals surface area contributed by atoms with Crippen LogP contribution in [0.2, 0.25) is 0 Å². The monoisotopic (exact) mass is 457 g/mol. The van der Waals surface area contributed by atoms with Gasteiger partial charge in [0.2, 0.25) is 0 Å². The van der Waals surface area contributed by atoms with E-state index in [2.05, 4.69) is 6.58 Å². The van der Waals surface area contributed by atoms with E-state index in [-0.39, 0.29) is 30.1 Å². The van der Waals surface area contributed by atoms with Crippen molar-refractivity contribution >= 4 is 5.97 Å². The number of benzene rings is 2. The fraction of sp³-hybridized carbons (Fsp3) is 0.444. The van der Waals surface area contributed by atoms with E-state index in [1.807, 2.05) is 32.1 Å². The maximum atomic E-state index is 15.9. The van der Waals surface area contributed by atoms with Gasteiger partial charge in [-0.25, -0.2) is 8.78 Å². The molecule has 1 aliphatic rings. The molecule has 178 valence electrons. The number of aryl methyl sites for hydroxylation is 2. The predicted molar refractivity (Wildman–Crippen MR) is 126 cm³/mol. The molecule has 0 radical (unpaired) electrons. The Kier molecular flexibility index (Phi) is 8.25. The second-order valence-corrected chi connectivity index (χ2v) is 8.68. The van der Waals surface area contributed by atoms with Crippen LogP contribution < -0.4 is 10.5 Å². The molecule has 1 fully saturated rings. The van der Waals surface area contributed by atoms with E-state index >= 15 is 8.78 Å². The van der Waals surface area contributed by atoms with Crippen LogP contribution in [0.4, 0.5) is 8.78 Å². The van der Waals surface area contributed by atoms with Crippen molar-refractivity contribution in [2.24, 2.45) is 5.73 Å². The molecule has 4 nitrogen and oxygen atoms in total. The Hall–Kier alpha value is -2.73. The molecule has 6 heteroatoms. The standard InChI is InChI=1S/C27H33F2NO3/c1-5-7-8-11-33-22-13-16(3)12-17(4)24(22)20-14-19(18-9-10-18)26(28)25(27(20)29)21(30)15-23(31)32-6-2/h5,12-14,18,21H,1,6-11,15,30H2,2-4H3/t21-/m0/s1. The summed E-state index contributed by atoms with van der Waals surface area (Å²) in [4.78, 5) is 12.0. The molecule has 2 aromatic carbocycles. The molecule has 0 amide bonds. The van der Waals surface area contributed by atoms with Crippen molar-refractivity contribution in [2.45, 2.75) is 64.8 Å². The van der Waals surface area contributed by atoms with Crippen LogP contribution in [-0.2, 0) is 9.53 Å². The highest BCUT2D eigenvalue weighted by Gasteiger charge is 2.33. The van der Waals surface area contributed by atoms with E-state index in [4.69, 9.17) is 15.2 Å². The van der Waals surface area contributed by atoms with Crippen LogP contribution in [0.1, 0.15) is 73.2 Å². The van der Waals surface area contributed by atoms with E-state index in [9.17, 15) is 4.79 Å². The van der Waals surface area contributed by atoms with E-state index in [0.29, 0.717) is 23.5 Å². The quantitative estimate of drug-likeness (QED) is 0.240. The SMILES string of the molecule is C=CCCCOc1cc(C)cc(C)c1-c1cc(C2CC2)c(F)c([C@@H](N)CC(=O)OCC)c1F. The number of allylic oxidation sites excluding steroid dienone is 1. The smallest absolute Gasteiger partial charge is 0.307 e. The highest BCUT2D eigenvalue weighted by atomic mass is 19.1. The van der Waals surface area contributed by atoms with Crippen LogP contribution in [0.5, 0.6) is 5.75 Å². The van der Waals surface area contributed by atoms with E-state index < -0.39 is 23.6 Å². The van der Waals surface area contributed by atoms with E-state index in [0.717, 1.165) is 36.8 Å². The van der Waals surface area contributed by atoms with Crippen molar-refractivity contribution < 1.29 is 23.0 Å². The molecular formula is C27H33F2NO3. The lowest BCUT2D eigenvalue weighted by molar-refractivity contribution is -0.143. The van der Waals surface area contributed by atoms with E-state index in [1.165, 1.54) is 0 Å². The molecule has 1 aliphatic carbocycles. The maximum absolute atomic E-state index is 15.9. The van der Waals surface area contributed by atoms with Crippen molar-refractivity contribution in [1.82, 2.24) is 0 Å². The molecule has 1 saturated carbocycles. The van der Waals surface area contributed by atoms with Crippen LogP contribution in [-0.4, -0.2) is 19.2 Å². The summed E-state index contributed by atoms with van der Waals surface area (Å²) in [5.41, 5.74) is 8.99. The van der Waals surface area contributed by atoms with Gasteiger partial charge in [0.15, 0.2) is 0 Å². The minimum absolute atomic E-state index is 0.0283. The molecule has 0 bridgehead atoms. The van der Waals surface area contributed by atoms with Crippen LogP contribution in [0, 0.1) is 25.5 Å². The highest BCUT2D eigenvalue weighted by Crippen LogP contribution is 2.47. The Morgan fingerprint density at radius 3 is 2.61 bits per heavy atom. The lowest BCUT2D eigenvalue weighted by atomic mass is 9.89. The van der Waals surface area contributed by atoms with Gasteiger partial charge in [-0.1, -0.05) is 12.1 Å². The largest absolute Gasteiger partial charge is 0.493 e. The lowest BCUT2D eigenvalue weighted by Gasteiger charge is -2.21. The minimum Gasteiger partial charge on any atom is -0.493 e. The normalized spacial score (nSPS) is 14.1. The number of halogens is 2. The van der Waals surface area contributed by atoms with Gasteiger partial charge in [0.25, 0.3) is 0 Å². The molecule has 0 spiro atoms. The third kappa shape index (κ3) is 5.80. The van der Waals surface area contributed by atoms with Crippen molar-refractivity contribution in [2.75, 3.05) is 13.2 Å². The summed E-state index contributed by atoms with van der Waals surface area (Å²) in [6.45, 7) is 9.87. The molecule has 0 unspecified atom stereocenters. The van der Waals surface area contributed by atoms with Crippen molar-refractivity contribution in [3.63, 3.8) is 0 Å². The molecule has 1 atom stereocenters. The van der Waals surface area contributed by atoms with Crippen molar-refractivity contribution in [3.8, 4) is 16.9 Å². The zero-order chi connectivity index (χ0) is 24.1. The van der Waals surface area contributed by atoms with Gasteiger partial charge in [0, 0.05) is 22.7 Å². The van der Waals surface area contributed by atoms with Gasteiger partial charge >= 0.3 is 5.97 Å². The molecule has 0 aliphatic heterocycles. The Morgan fingerprint density at radius 1 is 1.24 bits per heavy atom. The van der Waals surface area contributed by atoms with Gasteiger partial charge in [-0.05, 0) is 81.2 Å². The summed E-state index contributed by atoms with van der Waals surface area (Å²) in [6, 6.07) is 4.26. The minimum atomic E-state index is -1.15. The molecule has 33 heavy (non-hydrogen) atoms. The number of rotatable bonds is 11. The van der Waals surface area contributed by atoms with Gasteiger partial charge < -0.3 is 15.2 Å². The lowest BCUT2D eigenvalue weighted by Crippen LogP contribution is -2.21. The summed E-state index contributed by atoms with van der Waals surface area (Å²) in [7, 11) is 0. The molecule has 2 aromatic rings.